The van der Waals surface area contributed by atoms with Crippen molar-refractivity contribution in [3.63, 3.8) is 0 Å². The number of rotatable bonds is 11. The van der Waals surface area contributed by atoms with Gasteiger partial charge in [-0.3, -0.25) is 15.0 Å². The number of carbonyl (C=O) groups is 1. The van der Waals surface area contributed by atoms with Crippen LogP contribution in [-0.2, 0) is 22.6 Å². The van der Waals surface area contributed by atoms with Crippen LogP contribution in [0.2, 0.25) is 0 Å². The topological polar surface area (TPSA) is 129 Å². The zero-order chi connectivity index (χ0) is 38.9. The van der Waals surface area contributed by atoms with E-state index in [-0.39, 0.29) is 41.0 Å². The predicted octanol–water partition coefficient (Wildman–Crippen LogP) is 7.89. The maximum Gasteiger partial charge on any atom is 0.315 e. The summed E-state index contributed by atoms with van der Waals surface area (Å²) in [6, 6.07) is 31.5. The van der Waals surface area contributed by atoms with Crippen LogP contribution in [0.15, 0.2) is 97.1 Å². The van der Waals surface area contributed by atoms with Gasteiger partial charge in [-0.25, -0.2) is 4.79 Å². The number of aliphatic hydroxyl groups is 1. The normalized spacial score (nSPS) is 28.3. The van der Waals surface area contributed by atoms with Crippen molar-refractivity contribution < 1.29 is 24.3 Å². The molecule has 4 aliphatic carbocycles. The minimum Gasteiger partial charge on any atom is -0.392 e. The van der Waals surface area contributed by atoms with Gasteiger partial charge in [0.05, 0.1) is 23.7 Å². The number of piperazine rings is 1. The molecule has 0 radical (unpaired) electrons. The molecule has 0 unspecified atom stereocenters. The number of anilines is 1. The Hall–Kier alpha value is -4.81. The van der Waals surface area contributed by atoms with Gasteiger partial charge in [-0.1, -0.05) is 66.7 Å². The van der Waals surface area contributed by atoms with Crippen LogP contribution in [0, 0.1) is 27.9 Å². The Kier molecular flexibility index (Phi) is 10.7. The van der Waals surface area contributed by atoms with Crippen LogP contribution in [0.4, 0.5) is 16.2 Å². The van der Waals surface area contributed by atoms with Gasteiger partial charge >= 0.3 is 6.03 Å². The number of nitro benzene ring substituents is 1. The van der Waals surface area contributed by atoms with Crippen molar-refractivity contribution in [1.29, 1.82) is 0 Å². The third kappa shape index (κ3) is 8.57. The highest BCUT2D eigenvalue weighted by molar-refractivity contribution is 5.75. The summed E-state index contributed by atoms with van der Waals surface area (Å²) in [6.45, 7) is 4.59. The first kappa shape index (κ1) is 37.7. The van der Waals surface area contributed by atoms with Crippen molar-refractivity contribution in [2.24, 2.45) is 17.8 Å². The largest absolute Gasteiger partial charge is 0.392 e. The average Bonchev–Trinajstić information content (AvgIpc) is 3.23. The van der Waals surface area contributed by atoms with Crippen LogP contribution in [0.25, 0.3) is 11.1 Å². The van der Waals surface area contributed by atoms with Gasteiger partial charge in [0.1, 0.15) is 0 Å². The number of carbonyl (C=O) groups excluding carboxylic acids is 1. The number of non-ortho nitro benzene ring substituents is 1. The smallest absolute Gasteiger partial charge is 0.315 e. The van der Waals surface area contributed by atoms with Crippen LogP contribution >= 0.6 is 0 Å². The Morgan fingerprint density at radius 1 is 0.772 bits per heavy atom. The van der Waals surface area contributed by atoms with Crippen molar-refractivity contribution >= 4 is 17.4 Å². The molecule has 4 aromatic carbocycles. The SMILES string of the molecule is O=C(NCc1cccc(-c2ccc([C@@H]3O[C@H](CN4CCN(c5ccc([N+](=O)[O-])cc5)CC4)C[C@H](c4ccc(CO)cc4)O3)cc2)c1)NC12CC3CC(CC(C3)C1)C2. The zero-order valence-electron chi connectivity index (χ0n) is 32.4. The van der Waals surface area contributed by atoms with Gasteiger partial charge in [0.2, 0.25) is 0 Å². The molecule has 4 saturated carbocycles. The van der Waals surface area contributed by atoms with Gasteiger partial charge < -0.3 is 30.1 Å². The second-order valence-electron chi connectivity index (χ2n) is 17.2. The van der Waals surface area contributed by atoms with Crippen LogP contribution in [0.5, 0.6) is 0 Å². The molecule has 11 heteroatoms. The first-order valence-corrected chi connectivity index (χ1v) is 20.7. The lowest BCUT2D eigenvalue weighted by atomic mass is 9.53. The summed E-state index contributed by atoms with van der Waals surface area (Å²) < 4.78 is 13.4. The summed E-state index contributed by atoms with van der Waals surface area (Å²) in [5, 5.41) is 27.3. The van der Waals surface area contributed by atoms with E-state index in [1.807, 2.05) is 42.5 Å². The Morgan fingerprint density at radius 2 is 1.44 bits per heavy atom. The number of urea groups is 1. The number of aliphatic hydroxyl groups excluding tert-OH is 1. The van der Waals surface area contributed by atoms with E-state index in [9.17, 15) is 20.0 Å². The summed E-state index contributed by atoms with van der Waals surface area (Å²) in [4.78, 5) is 28.6. The predicted molar refractivity (Wildman–Crippen MR) is 218 cm³/mol. The third-order valence-corrected chi connectivity index (χ3v) is 13.2. The van der Waals surface area contributed by atoms with E-state index in [1.54, 1.807) is 12.1 Å². The van der Waals surface area contributed by atoms with Crippen LogP contribution in [0.3, 0.4) is 0 Å². The summed E-state index contributed by atoms with van der Waals surface area (Å²) in [7, 11) is 0. The van der Waals surface area contributed by atoms with Crippen LogP contribution < -0.4 is 15.5 Å². The molecule has 2 aliphatic heterocycles. The molecule has 0 aromatic heterocycles. The summed E-state index contributed by atoms with van der Waals surface area (Å²) >= 11 is 0. The molecule has 0 spiro atoms. The first-order chi connectivity index (χ1) is 27.8. The third-order valence-electron chi connectivity index (χ3n) is 13.2. The van der Waals surface area contributed by atoms with Crippen molar-refractivity contribution in [1.82, 2.24) is 15.5 Å². The molecule has 3 atom stereocenters. The van der Waals surface area contributed by atoms with Gasteiger partial charge in [-0.05, 0) is 102 Å². The van der Waals surface area contributed by atoms with E-state index in [1.165, 1.54) is 19.3 Å². The molecule has 11 nitrogen and oxygen atoms in total. The van der Waals surface area contributed by atoms with Crippen molar-refractivity contribution in [2.45, 2.75) is 82.1 Å². The number of nitro groups is 1. The van der Waals surface area contributed by atoms with E-state index in [0.717, 1.165) is 109 Å². The first-order valence-electron chi connectivity index (χ1n) is 20.7. The maximum atomic E-state index is 13.1. The molecular weight excluding hydrogens is 719 g/mol. The second-order valence-corrected chi connectivity index (χ2v) is 17.2. The Balaban J connectivity index is 0.836. The Bertz CT molecular complexity index is 2000. The molecule has 4 bridgehead atoms. The van der Waals surface area contributed by atoms with Gasteiger partial charge in [0.15, 0.2) is 6.29 Å². The lowest BCUT2D eigenvalue weighted by molar-refractivity contribution is -0.384. The molecule has 3 N–H and O–H groups in total. The second kappa shape index (κ2) is 16.2. The number of hydrogen-bond donors (Lipinski definition) is 3. The minimum absolute atomic E-state index is 0.00517. The fourth-order valence-corrected chi connectivity index (χ4v) is 10.7. The molecule has 10 rings (SSSR count). The molecule has 4 aromatic rings. The van der Waals surface area contributed by atoms with E-state index in [2.05, 4.69) is 62.9 Å². The molecule has 2 amide bonds. The highest BCUT2D eigenvalue weighted by atomic mass is 16.7. The average molecular weight is 772 g/mol. The number of hydrogen-bond acceptors (Lipinski definition) is 8. The van der Waals surface area contributed by atoms with E-state index in [0.29, 0.717) is 13.0 Å². The number of nitrogens with zero attached hydrogens (tertiary/aromatic N) is 3. The van der Waals surface area contributed by atoms with Crippen LogP contribution in [0.1, 0.15) is 79.6 Å². The van der Waals surface area contributed by atoms with Crippen molar-refractivity contribution in [3.05, 3.63) is 129 Å². The summed E-state index contributed by atoms with van der Waals surface area (Å²) in [5.41, 5.74) is 7.18. The minimum atomic E-state index is -0.551. The highest BCUT2D eigenvalue weighted by Crippen LogP contribution is 2.55. The van der Waals surface area contributed by atoms with Crippen LogP contribution in [-0.4, -0.2) is 65.3 Å². The molecule has 2 saturated heterocycles. The molecule has 57 heavy (non-hydrogen) atoms. The van der Waals surface area contributed by atoms with Gasteiger partial charge in [-0.2, -0.15) is 0 Å². The quantitative estimate of drug-likeness (QED) is 0.104. The number of ether oxygens (including phenoxy) is 2. The van der Waals surface area contributed by atoms with Gasteiger partial charge in [0, 0.05) is 74.6 Å². The van der Waals surface area contributed by atoms with Gasteiger partial charge in [-0.15, -0.1) is 0 Å². The van der Waals surface area contributed by atoms with E-state index < -0.39 is 6.29 Å². The Labute approximate surface area is 334 Å². The monoisotopic (exact) mass is 771 g/mol. The number of nitrogens with one attached hydrogen (secondary N) is 2. The van der Waals surface area contributed by atoms with Gasteiger partial charge in [0.25, 0.3) is 5.69 Å². The molecule has 6 aliphatic rings. The molecule has 6 fully saturated rings. The van der Waals surface area contributed by atoms with E-state index >= 15 is 0 Å². The van der Waals surface area contributed by atoms with Crippen molar-refractivity contribution in [2.75, 3.05) is 37.6 Å². The molecule has 2 heterocycles. The zero-order valence-corrected chi connectivity index (χ0v) is 32.4. The maximum absolute atomic E-state index is 13.1. The standard InChI is InChI=1S/C46H53N5O6/c52-30-31-4-6-37(7-5-31)43-24-42(29-49-16-18-50(19-17-49)40-12-14-41(15-13-40)51(54)55)56-44(57-43)38-10-8-36(9-11-38)39-3-1-2-32(23-39)28-47-45(53)48-46-25-33-20-34(26-46)22-35(21-33)27-46/h1-15,23,33-35,42-44,52H,16-22,24-30H2,(H2,47,48,53)/t33?,34?,35?,42-,43+,44+,46?/m0/s1. The molecule has 298 valence electrons. The molecular formula is C46H53N5O6. The number of amides is 2. The van der Waals surface area contributed by atoms with E-state index in [4.69, 9.17) is 9.47 Å². The van der Waals surface area contributed by atoms with Crippen molar-refractivity contribution in [3.8, 4) is 11.1 Å². The summed E-state index contributed by atoms with van der Waals surface area (Å²) in [5.74, 6) is 2.36. The summed E-state index contributed by atoms with van der Waals surface area (Å²) in [6.07, 6.45) is 7.39. The fraction of sp³-hybridized carbons (Fsp3) is 0.457. The fourth-order valence-electron chi connectivity index (χ4n) is 10.7. The lowest BCUT2D eigenvalue weighted by Gasteiger charge is -2.56. The highest BCUT2D eigenvalue weighted by Gasteiger charge is 2.51. The number of benzene rings is 4. The lowest BCUT2D eigenvalue weighted by Crippen LogP contribution is -2.61. The Morgan fingerprint density at radius 3 is 2.09 bits per heavy atom.